The number of aromatic amines is 1. The van der Waals surface area contributed by atoms with E-state index in [0.717, 1.165) is 16.3 Å². The molecule has 0 saturated heterocycles. The molecular formula is C14H12F3N5OS. The summed E-state index contributed by atoms with van der Waals surface area (Å²) >= 11 is 1.03. The van der Waals surface area contributed by atoms with Gasteiger partial charge in [-0.1, -0.05) is 23.9 Å². The summed E-state index contributed by atoms with van der Waals surface area (Å²) < 4.78 is 39.1. The van der Waals surface area contributed by atoms with Crippen molar-refractivity contribution in [2.75, 3.05) is 0 Å². The predicted octanol–water partition coefficient (Wildman–Crippen LogP) is 2.92. The molecule has 1 N–H and O–H groups in total. The van der Waals surface area contributed by atoms with Crippen LogP contribution in [0.1, 0.15) is 23.8 Å². The molecule has 0 aliphatic carbocycles. The number of aromatic nitrogens is 5. The molecule has 0 unspecified atom stereocenters. The summed E-state index contributed by atoms with van der Waals surface area (Å²) in [4.78, 5) is 19.1. The number of fused-ring (bicyclic) bond motifs is 1. The summed E-state index contributed by atoms with van der Waals surface area (Å²) in [5.74, 6) is -0.711. The summed E-state index contributed by atoms with van der Waals surface area (Å²) in [7, 11) is 1.24. The Labute approximate surface area is 138 Å². The molecule has 0 amide bonds. The van der Waals surface area contributed by atoms with Gasteiger partial charge in [-0.2, -0.15) is 13.2 Å². The van der Waals surface area contributed by atoms with E-state index in [-0.39, 0.29) is 10.7 Å². The number of hydrogen-bond donors (Lipinski definition) is 1. The van der Waals surface area contributed by atoms with Gasteiger partial charge in [0.05, 0.1) is 16.2 Å². The average molecular weight is 355 g/mol. The van der Waals surface area contributed by atoms with Crippen LogP contribution in [0.3, 0.4) is 0 Å². The Hall–Kier alpha value is -2.36. The van der Waals surface area contributed by atoms with Crippen molar-refractivity contribution in [3.63, 3.8) is 0 Å². The Morgan fingerprint density at radius 3 is 2.62 bits per heavy atom. The van der Waals surface area contributed by atoms with Crippen molar-refractivity contribution in [2.24, 2.45) is 7.05 Å². The molecule has 0 aliphatic heterocycles. The van der Waals surface area contributed by atoms with Gasteiger partial charge in [-0.05, 0) is 19.1 Å². The molecular weight excluding hydrogens is 343 g/mol. The normalized spacial score (nSPS) is 13.4. The van der Waals surface area contributed by atoms with E-state index in [0.29, 0.717) is 16.7 Å². The first-order valence-electron chi connectivity index (χ1n) is 6.89. The highest BCUT2D eigenvalue weighted by Gasteiger charge is 2.37. The molecule has 0 bridgehead atoms. The smallest absolute Gasteiger partial charge is 0.309 e. The van der Waals surface area contributed by atoms with Crippen LogP contribution in [0.15, 0.2) is 34.2 Å². The number of rotatable bonds is 3. The molecule has 3 aromatic rings. The third-order valence-electron chi connectivity index (χ3n) is 3.39. The van der Waals surface area contributed by atoms with Gasteiger partial charge >= 0.3 is 6.18 Å². The molecule has 2 aromatic heterocycles. The van der Waals surface area contributed by atoms with E-state index in [2.05, 4.69) is 20.2 Å². The van der Waals surface area contributed by atoms with Crippen LogP contribution in [0, 0.1) is 0 Å². The summed E-state index contributed by atoms with van der Waals surface area (Å²) in [5, 5.41) is 6.88. The lowest BCUT2D eigenvalue weighted by Crippen LogP contribution is -2.14. The van der Waals surface area contributed by atoms with Gasteiger partial charge in [0.15, 0.2) is 5.16 Å². The van der Waals surface area contributed by atoms with E-state index in [9.17, 15) is 18.0 Å². The molecule has 3 rings (SSSR count). The van der Waals surface area contributed by atoms with Gasteiger partial charge in [0, 0.05) is 7.05 Å². The van der Waals surface area contributed by atoms with Crippen molar-refractivity contribution in [3.8, 4) is 0 Å². The fourth-order valence-electron chi connectivity index (χ4n) is 2.18. The predicted molar refractivity (Wildman–Crippen MR) is 82.6 cm³/mol. The second kappa shape index (κ2) is 5.93. The number of benzene rings is 1. The largest absolute Gasteiger partial charge is 0.451 e. The zero-order chi connectivity index (χ0) is 17.5. The third kappa shape index (κ3) is 3.01. The Morgan fingerprint density at radius 2 is 1.96 bits per heavy atom. The summed E-state index contributed by atoms with van der Waals surface area (Å²) in [6.07, 6.45) is -4.57. The van der Waals surface area contributed by atoms with Crippen LogP contribution in [-0.4, -0.2) is 24.7 Å². The molecule has 0 fully saturated rings. The average Bonchev–Trinajstić information content (AvgIpc) is 2.88. The Balaban J connectivity index is 1.92. The minimum absolute atomic E-state index is 0.0885. The molecule has 10 heteroatoms. The fraction of sp³-hybridized carbons (Fsp3) is 0.286. The zero-order valence-electron chi connectivity index (χ0n) is 12.6. The number of para-hydroxylation sites is 1. The molecule has 2 heterocycles. The number of H-pyrrole nitrogens is 1. The Bertz CT molecular complexity index is 949. The lowest BCUT2D eigenvalue weighted by atomic mass is 10.2. The second-order valence-electron chi connectivity index (χ2n) is 5.09. The third-order valence-corrected chi connectivity index (χ3v) is 4.53. The molecule has 1 atom stereocenters. The Kier molecular flexibility index (Phi) is 4.08. The van der Waals surface area contributed by atoms with E-state index < -0.39 is 17.3 Å². The molecule has 0 saturated carbocycles. The highest BCUT2D eigenvalue weighted by Crippen LogP contribution is 2.35. The number of nitrogens with one attached hydrogen (secondary N) is 1. The lowest BCUT2D eigenvalue weighted by Gasteiger charge is -2.11. The molecule has 0 spiro atoms. The highest BCUT2D eigenvalue weighted by atomic mass is 32.2. The maximum atomic E-state index is 12.8. The van der Waals surface area contributed by atoms with Gasteiger partial charge in [0.1, 0.15) is 5.82 Å². The molecule has 1 aromatic carbocycles. The van der Waals surface area contributed by atoms with E-state index in [1.54, 1.807) is 31.2 Å². The monoisotopic (exact) mass is 355 g/mol. The standard InChI is InChI=1S/C14H12F3N5OS/c1-7(24-13-21-20-12(22(13)2)14(15,16)17)10-18-9-6-4-3-5-8(9)11(23)19-10/h3-7H,1-2H3,(H,18,19,23)/t7-/m0/s1. The summed E-state index contributed by atoms with van der Waals surface area (Å²) in [6.45, 7) is 1.72. The second-order valence-corrected chi connectivity index (χ2v) is 6.40. The van der Waals surface area contributed by atoms with E-state index >= 15 is 0 Å². The fourth-order valence-corrected chi connectivity index (χ4v) is 3.05. The molecule has 126 valence electrons. The van der Waals surface area contributed by atoms with Crippen molar-refractivity contribution < 1.29 is 13.2 Å². The number of nitrogens with zero attached hydrogens (tertiary/aromatic N) is 4. The first kappa shape index (κ1) is 16.5. The van der Waals surface area contributed by atoms with Crippen LogP contribution in [0.4, 0.5) is 13.2 Å². The van der Waals surface area contributed by atoms with Crippen LogP contribution in [0.25, 0.3) is 10.9 Å². The van der Waals surface area contributed by atoms with Gasteiger partial charge in [0.2, 0.25) is 5.82 Å². The van der Waals surface area contributed by atoms with Crippen LogP contribution < -0.4 is 5.56 Å². The molecule has 0 radical (unpaired) electrons. The number of hydrogen-bond acceptors (Lipinski definition) is 5. The van der Waals surface area contributed by atoms with Gasteiger partial charge in [-0.25, -0.2) is 4.98 Å². The maximum Gasteiger partial charge on any atom is 0.451 e. The van der Waals surface area contributed by atoms with Crippen LogP contribution >= 0.6 is 11.8 Å². The quantitative estimate of drug-likeness (QED) is 0.731. The summed E-state index contributed by atoms with van der Waals surface area (Å²) in [6, 6.07) is 6.85. The first-order chi connectivity index (χ1) is 11.3. The van der Waals surface area contributed by atoms with Crippen molar-refractivity contribution in [1.82, 2.24) is 24.7 Å². The van der Waals surface area contributed by atoms with Crippen molar-refractivity contribution in [3.05, 3.63) is 46.3 Å². The lowest BCUT2D eigenvalue weighted by molar-refractivity contribution is -0.147. The van der Waals surface area contributed by atoms with Gasteiger partial charge < -0.3 is 9.55 Å². The molecule has 0 aliphatic rings. The van der Waals surface area contributed by atoms with Crippen LogP contribution in [0.5, 0.6) is 0 Å². The molecule has 24 heavy (non-hydrogen) atoms. The van der Waals surface area contributed by atoms with Crippen molar-refractivity contribution in [2.45, 2.75) is 23.5 Å². The topological polar surface area (TPSA) is 76.5 Å². The van der Waals surface area contributed by atoms with Gasteiger partial charge in [-0.15, -0.1) is 10.2 Å². The van der Waals surface area contributed by atoms with Crippen LogP contribution in [-0.2, 0) is 13.2 Å². The van der Waals surface area contributed by atoms with E-state index in [1.807, 2.05) is 0 Å². The van der Waals surface area contributed by atoms with Gasteiger partial charge in [0.25, 0.3) is 5.56 Å². The number of thioether (sulfide) groups is 1. The highest BCUT2D eigenvalue weighted by molar-refractivity contribution is 7.99. The van der Waals surface area contributed by atoms with Crippen LogP contribution in [0.2, 0.25) is 0 Å². The van der Waals surface area contributed by atoms with Crippen molar-refractivity contribution >= 4 is 22.7 Å². The Morgan fingerprint density at radius 1 is 1.25 bits per heavy atom. The maximum absolute atomic E-state index is 12.8. The SMILES string of the molecule is C[C@H](Sc1nnc(C(F)(F)F)n1C)c1nc2ccccc2c(=O)[nH]1. The minimum atomic E-state index is -4.57. The van der Waals surface area contributed by atoms with Crippen molar-refractivity contribution in [1.29, 1.82) is 0 Å². The van der Waals surface area contributed by atoms with E-state index in [4.69, 9.17) is 0 Å². The zero-order valence-corrected chi connectivity index (χ0v) is 13.4. The number of alkyl halides is 3. The molecule has 6 nitrogen and oxygen atoms in total. The van der Waals surface area contributed by atoms with Gasteiger partial charge in [-0.3, -0.25) is 4.79 Å². The first-order valence-corrected chi connectivity index (χ1v) is 7.77. The van der Waals surface area contributed by atoms with E-state index in [1.165, 1.54) is 7.05 Å². The minimum Gasteiger partial charge on any atom is -0.309 e. The number of halogens is 3. The summed E-state index contributed by atoms with van der Waals surface area (Å²) in [5.41, 5.74) is 0.231.